The zero-order valence-corrected chi connectivity index (χ0v) is 14.4. The standard InChI is InChI=1S/C18H25ClN2O2/c1-2-18(12-22)7-9-21(10-8-18)17(23)20-16-6-3-13-11-14(19)4-5-15(13)16/h4-5,11,16,22H,2-3,6-10,12H2,1H3,(H,20,23). The smallest absolute Gasteiger partial charge is 0.317 e. The number of piperidine rings is 1. The lowest BCUT2D eigenvalue weighted by Gasteiger charge is -2.40. The number of benzene rings is 1. The van der Waals surface area contributed by atoms with E-state index in [4.69, 9.17) is 11.6 Å². The highest BCUT2D eigenvalue weighted by Gasteiger charge is 2.34. The predicted octanol–water partition coefficient (Wildman–Crippen LogP) is 3.52. The molecule has 0 aromatic heterocycles. The summed E-state index contributed by atoms with van der Waals surface area (Å²) in [5.74, 6) is 0. The van der Waals surface area contributed by atoms with Gasteiger partial charge in [0.1, 0.15) is 0 Å². The fraction of sp³-hybridized carbons (Fsp3) is 0.611. The molecule has 23 heavy (non-hydrogen) atoms. The van der Waals surface area contributed by atoms with Gasteiger partial charge in [0.2, 0.25) is 0 Å². The number of rotatable bonds is 3. The van der Waals surface area contributed by atoms with Gasteiger partial charge < -0.3 is 15.3 Å². The van der Waals surface area contributed by atoms with Crippen molar-refractivity contribution in [1.29, 1.82) is 0 Å². The van der Waals surface area contributed by atoms with E-state index in [1.54, 1.807) is 0 Å². The van der Waals surface area contributed by atoms with E-state index in [1.807, 2.05) is 23.1 Å². The number of aryl methyl sites for hydroxylation is 1. The van der Waals surface area contributed by atoms with Crippen LogP contribution >= 0.6 is 11.6 Å². The number of nitrogens with zero attached hydrogens (tertiary/aromatic N) is 1. The Balaban J connectivity index is 1.59. The summed E-state index contributed by atoms with van der Waals surface area (Å²) >= 11 is 6.04. The summed E-state index contributed by atoms with van der Waals surface area (Å²) in [6.07, 6.45) is 4.62. The van der Waals surface area contributed by atoms with E-state index in [0.717, 1.165) is 50.2 Å². The maximum Gasteiger partial charge on any atom is 0.317 e. The van der Waals surface area contributed by atoms with E-state index in [1.165, 1.54) is 11.1 Å². The molecule has 1 atom stereocenters. The molecule has 1 aromatic rings. The summed E-state index contributed by atoms with van der Waals surface area (Å²) in [7, 11) is 0. The van der Waals surface area contributed by atoms with Crippen molar-refractivity contribution in [3.8, 4) is 0 Å². The van der Waals surface area contributed by atoms with Crippen molar-refractivity contribution in [1.82, 2.24) is 10.2 Å². The molecule has 0 spiro atoms. The quantitative estimate of drug-likeness (QED) is 0.887. The van der Waals surface area contributed by atoms with E-state index < -0.39 is 0 Å². The first kappa shape index (κ1) is 16.6. The van der Waals surface area contributed by atoms with Crippen LogP contribution in [0.1, 0.15) is 49.8 Å². The average Bonchev–Trinajstić information content (AvgIpc) is 2.96. The lowest BCUT2D eigenvalue weighted by molar-refractivity contribution is 0.0515. The van der Waals surface area contributed by atoms with Crippen molar-refractivity contribution in [2.24, 2.45) is 5.41 Å². The van der Waals surface area contributed by atoms with Crippen molar-refractivity contribution in [3.05, 3.63) is 34.3 Å². The second kappa shape index (κ2) is 6.70. The van der Waals surface area contributed by atoms with Crippen molar-refractivity contribution in [2.45, 2.75) is 45.1 Å². The molecule has 2 aliphatic rings. The lowest BCUT2D eigenvalue weighted by Crippen LogP contribution is -2.48. The second-order valence-corrected chi connectivity index (χ2v) is 7.32. The van der Waals surface area contributed by atoms with Gasteiger partial charge in [-0.3, -0.25) is 0 Å². The van der Waals surface area contributed by atoms with Crippen LogP contribution in [-0.2, 0) is 6.42 Å². The van der Waals surface area contributed by atoms with Crippen LogP contribution in [0.5, 0.6) is 0 Å². The lowest BCUT2D eigenvalue weighted by atomic mass is 9.77. The molecule has 1 unspecified atom stereocenters. The van der Waals surface area contributed by atoms with E-state index in [0.29, 0.717) is 0 Å². The predicted molar refractivity (Wildman–Crippen MR) is 91.7 cm³/mol. The molecule has 2 amide bonds. The number of carbonyl (C=O) groups is 1. The van der Waals surface area contributed by atoms with Crippen LogP contribution in [0.15, 0.2) is 18.2 Å². The van der Waals surface area contributed by atoms with Gasteiger partial charge in [-0.25, -0.2) is 4.79 Å². The number of aliphatic hydroxyl groups excluding tert-OH is 1. The highest BCUT2D eigenvalue weighted by atomic mass is 35.5. The molecule has 1 saturated heterocycles. The van der Waals surface area contributed by atoms with Crippen LogP contribution in [0.3, 0.4) is 0 Å². The van der Waals surface area contributed by atoms with Gasteiger partial charge in [-0.2, -0.15) is 0 Å². The number of halogens is 1. The molecule has 2 N–H and O–H groups in total. The summed E-state index contributed by atoms with van der Waals surface area (Å²) in [6, 6.07) is 6.02. The Labute approximate surface area is 142 Å². The molecule has 1 aromatic carbocycles. The number of hydrogen-bond donors (Lipinski definition) is 2. The molecular weight excluding hydrogens is 312 g/mol. The topological polar surface area (TPSA) is 52.6 Å². The Bertz CT molecular complexity index is 576. The van der Waals surface area contributed by atoms with Gasteiger partial charge in [0, 0.05) is 24.7 Å². The van der Waals surface area contributed by atoms with E-state index >= 15 is 0 Å². The van der Waals surface area contributed by atoms with Crippen LogP contribution in [0.25, 0.3) is 0 Å². The summed E-state index contributed by atoms with van der Waals surface area (Å²) < 4.78 is 0. The summed E-state index contributed by atoms with van der Waals surface area (Å²) in [5.41, 5.74) is 2.44. The van der Waals surface area contributed by atoms with Gasteiger partial charge in [-0.05, 0) is 60.8 Å². The van der Waals surface area contributed by atoms with Gasteiger partial charge in [-0.1, -0.05) is 24.6 Å². The minimum Gasteiger partial charge on any atom is -0.396 e. The number of aliphatic hydroxyl groups is 1. The first-order chi connectivity index (χ1) is 11.1. The third-order valence-electron chi connectivity index (χ3n) is 5.68. The fourth-order valence-electron chi connectivity index (χ4n) is 3.78. The Kier molecular flexibility index (Phi) is 4.83. The maximum atomic E-state index is 12.5. The zero-order valence-electron chi connectivity index (χ0n) is 13.6. The Morgan fingerprint density at radius 1 is 1.43 bits per heavy atom. The molecular formula is C18H25ClN2O2. The minimum absolute atomic E-state index is 0.00743. The monoisotopic (exact) mass is 336 g/mol. The largest absolute Gasteiger partial charge is 0.396 e. The molecule has 0 radical (unpaired) electrons. The van der Waals surface area contributed by atoms with E-state index in [-0.39, 0.29) is 24.1 Å². The third-order valence-corrected chi connectivity index (χ3v) is 5.91. The number of urea groups is 1. The van der Waals surface area contributed by atoms with Crippen molar-refractivity contribution >= 4 is 17.6 Å². The normalized spacial score (nSPS) is 22.7. The zero-order chi connectivity index (χ0) is 16.4. The van der Waals surface area contributed by atoms with Gasteiger partial charge >= 0.3 is 6.03 Å². The molecule has 0 bridgehead atoms. The van der Waals surface area contributed by atoms with Crippen LogP contribution < -0.4 is 5.32 Å². The molecule has 126 valence electrons. The van der Waals surface area contributed by atoms with Gasteiger partial charge in [0.05, 0.1) is 6.04 Å². The first-order valence-corrected chi connectivity index (χ1v) is 8.89. The van der Waals surface area contributed by atoms with Crippen LogP contribution in [0.2, 0.25) is 5.02 Å². The molecule has 1 aliphatic heterocycles. The Morgan fingerprint density at radius 2 is 2.17 bits per heavy atom. The Hall–Kier alpha value is -1.26. The molecule has 1 heterocycles. The summed E-state index contributed by atoms with van der Waals surface area (Å²) in [4.78, 5) is 14.4. The molecule has 1 fully saturated rings. The number of likely N-dealkylation sites (tertiary alicyclic amines) is 1. The highest BCUT2D eigenvalue weighted by molar-refractivity contribution is 6.30. The van der Waals surface area contributed by atoms with Crippen LogP contribution in [0.4, 0.5) is 4.79 Å². The molecule has 0 saturated carbocycles. The minimum atomic E-state index is 0.00743. The highest BCUT2D eigenvalue weighted by Crippen LogP contribution is 2.35. The SMILES string of the molecule is CCC1(CO)CCN(C(=O)NC2CCc3cc(Cl)ccc32)CC1. The van der Waals surface area contributed by atoms with Crippen molar-refractivity contribution < 1.29 is 9.90 Å². The number of nitrogens with one attached hydrogen (secondary N) is 1. The van der Waals surface area contributed by atoms with Gasteiger partial charge in [0.15, 0.2) is 0 Å². The Morgan fingerprint density at radius 3 is 2.83 bits per heavy atom. The fourth-order valence-corrected chi connectivity index (χ4v) is 3.98. The third kappa shape index (κ3) is 3.33. The van der Waals surface area contributed by atoms with E-state index in [2.05, 4.69) is 12.2 Å². The van der Waals surface area contributed by atoms with Crippen LogP contribution in [-0.4, -0.2) is 35.7 Å². The maximum absolute atomic E-state index is 12.5. The molecule has 3 rings (SSSR count). The summed E-state index contributed by atoms with van der Waals surface area (Å²) in [6.45, 7) is 3.78. The number of carbonyl (C=O) groups excluding carboxylic acids is 1. The van der Waals surface area contributed by atoms with Crippen molar-refractivity contribution in [2.75, 3.05) is 19.7 Å². The number of hydrogen-bond acceptors (Lipinski definition) is 2. The van der Waals surface area contributed by atoms with Crippen molar-refractivity contribution in [3.63, 3.8) is 0 Å². The van der Waals surface area contributed by atoms with Gasteiger partial charge in [0.25, 0.3) is 0 Å². The number of amides is 2. The number of fused-ring (bicyclic) bond motifs is 1. The first-order valence-electron chi connectivity index (χ1n) is 8.51. The molecule has 4 nitrogen and oxygen atoms in total. The second-order valence-electron chi connectivity index (χ2n) is 6.88. The average molecular weight is 337 g/mol. The van der Waals surface area contributed by atoms with Crippen LogP contribution in [0, 0.1) is 5.41 Å². The van der Waals surface area contributed by atoms with Gasteiger partial charge in [-0.15, -0.1) is 0 Å². The van der Waals surface area contributed by atoms with E-state index in [9.17, 15) is 9.90 Å². The molecule has 1 aliphatic carbocycles. The molecule has 5 heteroatoms. The summed E-state index contributed by atoms with van der Waals surface area (Å²) in [5, 5.41) is 13.5.